The summed E-state index contributed by atoms with van der Waals surface area (Å²) in [4.78, 5) is 67.0. The fraction of sp³-hybridized carbons (Fsp3) is 0.605. The highest BCUT2D eigenvalue weighted by Gasteiger charge is 2.63. The van der Waals surface area contributed by atoms with Gasteiger partial charge in [-0.2, -0.15) is 17.6 Å². The number of fused-ring (bicyclic) bond motifs is 7. The smallest absolute Gasteiger partial charge is 0.411 e. The van der Waals surface area contributed by atoms with E-state index in [4.69, 9.17) is 18.9 Å². The van der Waals surface area contributed by atoms with Gasteiger partial charge in [-0.1, -0.05) is 24.3 Å². The first-order chi connectivity index (χ1) is 27.0. The van der Waals surface area contributed by atoms with Gasteiger partial charge in [-0.05, 0) is 121 Å². The summed E-state index contributed by atoms with van der Waals surface area (Å²) in [5.41, 5.74) is -5.12. The Labute approximate surface area is 333 Å². The van der Waals surface area contributed by atoms with Gasteiger partial charge in [0.25, 0.3) is 0 Å². The highest BCUT2D eigenvalue weighted by molar-refractivity contribution is 6.00. The number of carbonyl (C=O) groups is 5. The van der Waals surface area contributed by atoms with Gasteiger partial charge in [0.05, 0.1) is 5.92 Å². The molecule has 2 aromatic rings. The van der Waals surface area contributed by atoms with Crippen molar-refractivity contribution in [1.29, 1.82) is 0 Å². The largest absolute Gasteiger partial charge is 0.460 e. The van der Waals surface area contributed by atoms with E-state index in [9.17, 15) is 29.1 Å². The molecular formula is C43H49F4NO10. The van der Waals surface area contributed by atoms with Crippen LogP contribution in [-0.4, -0.2) is 82.4 Å². The number of aliphatic hydroxyl groups excluding tert-OH is 1. The van der Waals surface area contributed by atoms with Crippen LogP contribution in [-0.2, 0) is 40.4 Å². The normalized spacial score (nSPS) is 28.1. The van der Waals surface area contributed by atoms with Crippen molar-refractivity contribution in [3.05, 3.63) is 58.7 Å². The van der Waals surface area contributed by atoms with E-state index in [2.05, 4.69) is 0 Å². The first-order valence-electron chi connectivity index (χ1n) is 19.8. The number of rotatable bonds is 10. The number of piperidine rings is 1. The predicted molar refractivity (Wildman–Crippen MR) is 198 cm³/mol. The van der Waals surface area contributed by atoms with Crippen molar-refractivity contribution in [2.24, 2.45) is 29.6 Å². The maximum atomic E-state index is 15.8. The number of carbonyl (C=O) groups excluding carboxylic acids is 5. The molecule has 4 aliphatic carbocycles. The molecule has 2 unspecified atom stereocenters. The molecule has 2 aromatic carbocycles. The van der Waals surface area contributed by atoms with E-state index in [1.807, 2.05) is 0 Å². The molecule has 1 aliphatic heterocycles. The maximum Gasteiger partial charge on any atom is 0.411 e. The molecule has 4 bridgehead atoms. The van der Waals surface area contributed by atoms with Crippen LogP contribution in [0.5, 0.6) is 0 Å². The van der Waals surface area contributed by atoms with Crippen molar-refractivity contribution in [3.63, 3.8) is 0 Å². The van der Waals surface area contributed by atoms with Gasteiger partial charge in [-0.15, -0.1) is 0 Å². The predicted octanol–water partition coefficient (Wildman–Crippen LogP) is 7.59. The number of alkyl halides is 4. The van der Waals surface area contributed by atoms with Crippen molar-refractivity contribution in [2.75, 3.05) is 13.2 Å². The molecule has 1 heterocycles. The van der Waals surface area contributed by atoms with E-state index < -0.39 is 107 Å². The molecule has 4 fully saturated rings. The fourth-order valence-corrected chi connectivity index (χ4v) is 9.76. The zero-order valence-electron chi connectivity index (χ0n) is 33.3. The number of likely N-dealkylation sites (tertiary alicyclic amines) is 1. The lowest BCUT2D eigenvalue weighted by atomic mass is 9.78. The first-order valence-corrected chi connectivity index (χ1v) is 19.8. The summed E-state index contributed by atoms with van der Waals surface area (Å²) in [5.74, 6) is -14.2. The van der Waals surface area contributed by atoms with Crippen LogP contribution in [0, 0.1) is 29.6 Å². The summed E-state index contributed by atoms with van der Waals surface area (Å²) in [7, 11) is 0. The van der Waals surface area contributed by atoms with Gasteiger partial charge < -0.3 is 24.1 Å². The van der Waals surface area contributed by atoms with E-state index in [0.717, 1.165) is 31.0 Å². The molecular weight excluding hydrogens is 766 g/mol. The van der Waals surface area contributed by atoms with Gasteiger partial charge in [-0.3, -0.25) is 19.3 Å². The Morgan fingerprint density at radius 2 is 1.26 bits per heavy atom. The molecule has 15 heteroatoms. The number of Topliss-reactive ketones (excluding diaryl/α,β-unsaturated/α-hetero) is 2. The molecule has 0 spiro atoms. The van der Waals surface area contributed by atoms with Crippen LogP contribution < -0.4 is 0 Å². The minimum absolute atomic E-state index is 0.00616. The van der Waals surface area contributed by atoms with Crippen LogP contribution in [0.2, 0.25) is 0 Å². The van der Waals surface area contributed by atoms with Crippen molar-refractivity contribution in [1.82, 2.24) is 4.90 Å². The van der Waals surface area contributed by atoms with Crippen molar-refractivity contribution in [3.8, 4) is 11.1 Å². The van der Waals surface area contributed by atoms with Gasteiger partial charge >= 0.3 is 29.9 Å². The maximum absolute atomic E-state index is 15.8. The Balaban J connectivity index is 1.04. The van der Waals surface area contributed by atoms with Gasteiger partial charge in [0.1, 0.15) is 23.9 Å². The summed E-state index contributed by atoms with van der Waals surface area (Å²) < 4.78 is 85.1. The molecule has 0 aromatic heterocycles. The second-order valence-electron chi connectivity index (χ2n) is 18.4. The number of nitrogens with zero attached hydrogens (tertiary/aromatic N) is 1. The molecule has 5 aliphatic rings. The van der Waals surface area contributed by atoms with Crippen molar-refractivity contribution >= 4 is 29.6 Å². The highest BCUT2D eigenvalue weighted by atomic mass is 19.3. The SMILES string of the molecule is CC(C)(C)OC(=O)C1[C@@H]2CC[C@@H](C2)[C@H]1C(O)OCC(=O)c1ccc2c(c1)C(F)(F)C(F)(F)c1cc(C(=O)COC(=O)[C@@H]3[C@H]4CC[C@H](C4)N3C(=O)OC(C)(C)C)ccc1-2. The number of hydrogen-bond acceptors (Lipinski definition) is 10. The summed E-state index contributed by atoms with van der Waals surface area (Å²) in [6.07, 6.45) is 1.94. The number of esters is 2. The Morgan fingerprint density at radius 3 is 1.83 bits per heavy atom. The summed E-state index contributed by atoms with van der Waals surface area (Å²) in [5, 5.41) is 11.0. The second-order valence-corrected chi connectivity index (χ2v) is 18.4. The minimum atomic E-state index is -4.83. The summed E-state index contributed by atoms with van der Waals surface area (Å²) in [6.45, 7) is 8.64. The molecule has 314 valence electrons. The Bertz CT molecular complexity index is 2020. The van der Waals surface area contributed by atoms with Crippen molar-refractivity contribution in [2.45, 2.75) is 121 Å². The Kier molecular flexibility index (Phi) is 10.6. The molecule has 0 radical (unpaired) electrons. The van der Waals surface area contributed by atoms with E-state index in [1.165, 1.54) is 11.0 Å². The molecule has 8 atom stereocenters. The number of aliphatic hydroxyl groups is 1. The third kappa shape index (κ3) is 7.52. The summed E-state index contributed by atoms with van der Waals surface area (Å²) >= 11 is 0. The average molecular weight is 816 g/mol. The van der Waals surface area contributed by atoms with E-state index >= 15 is 17.6 Å². The van der Waals surface area contributed by atoms with Gasteiger partial charge in [0.15, 0.2) is 24.5 Å². The topological polar surface area (TPSA) is 146 Å². The van der Waals surface area contributed by atoms with Gasteiger partial charge in [0, 0.05) is 34.2 Å². The molecule has 1 N–H and O–H groups in total. The number of amides is 1. The van der Waals surface area contributed by atoms with E-state index in [1.54, 1.807) is 41.5 Å². The van der Waals surface area contributed by atoms with Crippen LogP contribution in [0.15, 0.2) is 36.4 Å². The van der Waals surface area contributed by atoms with E-state index in [-0.39, 0.29) is 40.5 Å². The fourth-order valence-electron chi connectivity index (χ4n) is 9.76. The molecule has 1 saturated heterocycles. The quantitative estimate of drug-likeness (QED) is 0.0838. The van der Waals surface area contributed by atoms with Crippen molar-refractivity contribution < 1.29 is 65.6 Å². The van der Waals surface area contributed by atoms with E-state index in [0.29, 0.717) is 37.8 Å². The average Bonchev–Trinajstić information content (AvgIpc) is 3.95. The summed E-state index contributed by atoms with van der Waals surface area (Å²) in [6, 6.07) is 4.69. The standard InChI is InChI=1S/C43H49F4NO10/c1-40(2,3)57-37(52)34-24-8-7-23(15-24)33(34)36(51)55-19-31(49)21-10-13-27-28-14-11-22(18-30(28)43(46,47)42(44,45)29(27)17-21)32(50)20-56-38(53)35-25-9-12-26(16-25)48(35)39(54)58-41(4,5)6/h10-11,13-14,17-18,23-26,33-36,51H,7-9,12,15-16,19-20H2,1-6H3/t23-,24+,25-,26+,33+,34?,35-,36?/m0/s1. The lowest BCUT2D eigenvalue weighted by Gasteiger charge is -2.35. The molecule has 11 nitrogen and oxygen atoms in total. The number of ketones is 2. The van der Waals surface area contributed by atoms with Crippen LogP contribution in [0.1, 0.15) is 112 Å². The van der Waals surface area contributed by atoms with Crippen LogP contribution in [0.25, 0.3) is 11.1 Å². The lowest BCUT2D eigenvalue weighted by Crippen LogP contribution is -2.51. The third-order valence-corrected chi connectivity index (χ3v) is 12.2. The van der Waals surface area contributed by atoms with Gasteiger partial charge in [-0.25, -0.2) is 9.59 Å². The number of hydrogen-bond donors (Lipinski definition) is 1. The lowest BCUT2D eigenvalue weighted by molar-refractivity contribution is -0.225. The molecule has 58 heavy (non-hydrogen) atoms. The number of benzene rings is 2. The zero-order chi connectivity index (χ0) is 42.3. The van der Waals surface area contributed by atoms with Crippen LogP contribution in [0.4, 0.5) is 22.4 Å². The Morgan fingerprint density at radius 1 is 0.724 bits per heavy atom. The number of halogens is 4. The third-order valence-electron chi connectivity index (χ3n) is 12.2. The minimum Gasteiger partial charge on any atom is -0.460 e. The molecule has 3 saturated carbocycles. The monoisotopic (exact) mass is 815 g/mol. The molecule has 7 rings (SSSR count). The van der Waals surface area contributed by atoms with Crippen LogP contribution >= 0.6 is 0 Å². The zero-order valence-corrected chi connectivity index (χ0v) is 33.3. The molecule has 1 amide bonds. The Hall–Kier alpha value is -4.37. The number of ether oxygens (including phenoxy) is 4. The highest BCUT2D eigenvalue weighted by Crippen LogP contribution is 2.58. The van der Waals surface area contributed by atoms with Crippen LogP contribution in [0.3, 0.4) is 0 Å². The first kappa shape index (κ1) is 41.8. The second kappa shape index (κ2) is 14.7. The van der Waals surface area contributed by atoms with Gasteiger partial charge in [0.2, 0.25) is 0 Å².